The first-order valence-corrected chi connectivity index (χ1v) is 10.6. The Morgan fingerprint density at radius 2 is 1.97 bits per heavy atom. The molecule has 0 fully saturated rings. The van der Waals surface area contributed by atoms with Gasteiger partial charge in [0.05, 0.1) is 6.54 Å². The van der Waals surface area contributed by atoms with E-state index in [1.807, 2.05) is 24.7 Å². The molecule has 2 aromatic rings. The number of benzene rings is 1. The lowest BCUT2D eigenvalue weighted by Crippen LogP contribution is -2.47. The van der Waals surface area contributed by atoms with E-state index >= 15 is 0 Å². The van der Waals surface area contributed by atoms with Gasteiger partial charge in [0.25, 0.3) is 6.02 Å². The van der Waals surface area contributed by atoms with Crippen LogP contribution in [0, 0.1) is 0 Å². The summed E-state index contributed by atoms with van der Waals surface area (Å²) in [5, 5.41) is 14.3. The Balaban J connectivity index is 1.47. The Hall–Kier alpha value is -2.38. The number of rotatable bonds is 5. The second kappa shape index (κ2) is 7.15. The highest BCUT2D eigenvalue weighted by atomic mass is 16.6. The second-order valence-electron chi connectivity index (χ2n) is 8.14. The molecule has 1 aromatic carbocycles. The molecule has 2 aliphatic carbocycles. The van der Waals surface area contributed by atoms with Crippen LogP contribution < -0.4 is 5.32 Å². The molecular weight excluding hydrogens is 368 g/mol. The largest absolute Gasteiger partial charge is 0.443 e. The predicted octanol–water partition coefficient (Wildman–Crippen LogP) is 2.45. The van der Waals surface area contributed by atoms with Crippen LogP contribution >= 0.6 is 0 Å². The Morgan fingerprint density at radius 3 is 2.59 bits per heavy atom. The zero-order valence-corrected chi connectivity index (χ0v) is 17.1. The molecule has 7 heteroatoms. The van der Waals surface area contributed by atoms with Gasteiger partial charge in [-0.2, -0.15) is 0 Å². The molecule has 29 heavy (non-hydrogen) atoms. The molecule has 5 rings (SSSR count). The molecule has 2 N–H and O–H groups in total. The second-order valence-corrected chi connectivity index (χ2v) is 8.14. The van der Waals surface area contributed by atoms with Crippen LogP contribution in [0.2, 0.25) is 0 Å². The van der Waals surface area contributed by atoms with Crippen LogP contribution in [-0.2, 0) is 47.8 Å². The van der Waals surface area contributed by atoms with Crippen LogP contribution in [0.4, 0.5) is 5.69 Å². The van der Waals surface area contributed by atoms with Gasteiger partial charge in [-0.05, 0) is 67.7 Å². The van der Waals surface area contributed by atoms with Crippen LogP contribution in [0.25, 0.3) is 0 Å². The smallest absolute Gasteiger partial charge is 0.290 e. The summed E-state index contributed by atoms with van der Waals surface area (Å²) >= 11 is 0. The van der Waals surface area contributed by atoms with Gasteiger partial charge in [0.1, 0.15) is 0 Å². The molecule has 154 valence electrons. The number of aliphatic hydroxyl groups is 1. The first kappa shape index (κ1) is 18.6. The number of nitrogens with zero attached hydrogens (tertiary/aromatic N) is 3. The number of aliphatic imine (C=N–C) groups is 1. The van der Waals surface area contributed by atoms with Crippen molar-refractivity contribution in [2.75, 3.05) is 18.5 Å². The molecule has 0 spiro atoms. The SMILES string of the molecule is CCOC(O)C1(c2nccn2C)CN=C(Nc2c3c(cc4c2CCC4)CCC3)O1. The molecule has 1 aromatic heterocycles. The standard InChI is InChI=1S/C22H28N4O3/c1-3-28-20(27)22(19-23-10-11-26(19)2)13-24-21(29-22)25-18-16-8-4-6-14(16)12-15-7-5-9-17(15)18/h10-12,20,27H,3-9,13H2,1-2H3,(H,24,25). The first-order valence-electron chi connectivity index (χ1n) is 10.6. The summed E-state index contributed by atoms with van der Waals surface area (Å²) in [5.74, 6) is 0.600. The van der Waals surface area contributed by atoms with Gasteiger partial charge in [0.2, 0.25) is 11.9 Å². The monoisotopic (exact) mass is 396 g/mol. The molecule has 3 aliphatic rings. The Kier molecular flexibility index (Phi) is 4.59. The number of hydrogen-bond donors (Lipinski definition) is 2. The lowest BCUT2D eigenvalue weighted by molar-refractivity contribution is -0.203. The quantitative estimate of drug-likeness (QED) is 0.759. The highest BCUT2D eigenvalue weighted by molar-refractivity contribution is 5.93. The number of fused-ring (bicyclic) bond motifs is 2. The van der Waals surface area contributed by atoms with Crippen molar-refractivity contribution in [2.45, 2.75) is 57.3 Å². The van der Waals surface area contributed by atoms with E-state index in [0.29, 0.717) is 18.5 Å². The molecule has 7 nitrogen and oxygen atoms in total. The van der Waals surface area contributed by atoms with E-state index < -0.39 is 11.9 Å². The molecule has 0 saturated carbocycles. The van der Waals surface area contributed by atoms with E-state index in [2.05, 4.69) is 21.4 Å². The summed E-state index contributed by atoms with van der Waals surface area (Å²) in [5.41, 5.74) is 5.73. The third-order valence-corrected chi connectivity index (χ3v) is 6.36. The number of nitrogens with one attached hydrogen (secondary N) is 1. The van der Waals surface area contributed by atoms with Crippen molar-refractivity contribution in [3.05, 3.63) is 46.5 Å². The Bertz CT molecular complexity index is 935. The van der Waals surface area contributed by atoms with Crippen molar-refractivity contribution >= 4 is 11.7 Å². The Morgan fingerprint density at radius 1 is 1.24 bits per heavy atom. The molecule has 0 bridgehead atoms. The highest BCUT2D eigenvalue weighted by Gasteiger charge is 2.51. The van der Waals surface area contributed by atoms with Crippen LogP contribution in [0.1, 0.15) is 47.8 Å². The summed E-state index contributed by atoms with van der Waals surface area (Å²) in [6.45, 7) is 2.47. The summed E-state index contributed by atoms with van der Waals surface area (Å²) in [6.07, 6.45) is 9.22. The number of aromatic nitrogens is 2. The third kappa shape index (κ3) is 2.95. The molecular formula is C22H28N4O3. The minimum atomic E-state index is -1.16. The molecule has 0 radical (unpaired) electrons. The molecule has 2 heterocycles. The zero-order valence-electron chi connectivity index (χ0n) is 17.1. The molecule has 1 aliphatic heterocycles. The van der Waals surface area contributed by atoms with Crippen molar-refractivity contribution in [2.24, 2.45) is 12.0 Å². The minimum absolute atomic E-state index is 0.249. The number of aryl methyl sites for hydroxylation is 3. The Labute approximate surface area is 170 Å². The fraction of sp³-hybridized carbons (Fsp3) is 0.545. The predicted molar refractivity (Wildman–Crippen MR) is 110 cm³/mol. The maximum absolute atomic E-state index is 10.8. The van der Waals surface area contributed by atoms with E-state index in [1.54, 1.807) is 6.20 Å². The van der Waals surface area contributed by atoms with E-state index in [-0.39, 0.29) is 6.54 Å². The molecule has 0 saturated heterocycles. The van der Waals surface area contributed by atoms with E-state index in [9.17, 15) is 5.11 Å². The van der Waals surface area contributed by atoms with Crippen molar-refractivity contribution in [3.63, 3.8) is 0 Å². The van der Waals surface area contributed by atoms with Crippen LogP contribution in [0.5, 0.6) is 0 Å². The van der Waals surface area contributed by atoms with E-state index in [0.717, 1.165) is 25.7 Å². The van der Waals surface area contributed by atoms with E-state index in [1.165, 1.54) is 40.8 Å². The van der Waals surface area contributed by atoms with Crippen molar-refractivity contribution in [1.29, 1.82) is 0 Å². The van der Waals surface area contributed by atoms with Gasteiger partial charge in [0.15, 0.2) is 5.82 Å². The number of imidazole rings is 1. The van der Waals surface area contributed by atoms with Gasteiger partial charge in [-0.3, -0.25) is 0 Å². The average molecular weight is 396 g/mol. The number of ether oxygens (including phenoxy) is 2. The topological polar surface area (TPSA) is 80.9 Å². The fourth-order valence-corrected chi connectivity index (χ4v) is 4.99. The van der Waals surface area contributed by atoms with Gasteiger partial charge in [-0.1, -0.05) is 6.07 Å². The van der Waals surface area contributed by atoms with Crippen molar-refractivity contribution in [3.8, 4) is 0 Å². The van der Waals surface area contributed by atoms with Crippen LogP contribution in [0.15, 0.2) is 23.5 Å². The summed E-state index contributed by atoms with van der Waals surface area (Å²) in [7, 11) is 1.88. The van der Waals surface area contributed by atoms with Gasteiger partial charge in [-0.15, -0.1) is 0 Å². The summed E-state index contributed by atoms with van der Waals surface area (Å²) < 4.78 is 13.7. The van der Waals surface area contributed by atoms with Gasteiger partial charge in [0, 0.05) is 31.7 Å². The minimum Gasteiger partial charge on any atom is -0.443 e. The van der Waals surface area contributed by atoms with Crippen molar-refractivity contribution < 1.29 is 14.6 Å². The fourth-order valence-electron chi connectivity index (χ4n) is 4.99. The number of hydrogen-bond acceptors (Lipinski definition) is 6. The number of aliphatic hydroxyl groups excluding tert-OH is 1. The van der Waals surface area contributed by atoms with E-state index in [4.69, 9.17) is 9.47 Å². The van der Waals surface area contributed by atoms with Gasteiger partial charge in [-0.25, -0.2) is 9.98 Å². The normalized spacial score (nSPS) is 23.5. The van der Waals surface area contributed by atoms with Crippen LogP contribution in [-0.4, -0.2) is 40.1 Å². The first-order chi connectivity index (χ1) is 14.1. The molecule has 2 unspecified atom stereocenters. The maximum atomic E-state index is 10.8. The lowest BCUT2D eigenvalue weighted by atomic mass is 9.99. The average Bonchev–Trinajstić information content (AvgIpc) is 3.48. The highest BCUT2D eigenvalue weighted by Crippen LogP contribution is 2.40. The number of anilines is 1. The maximum Gasteiger partial charge on any atom is 0.290 e. The van der Waals surface area contributed by atoms with Crippen molar-refractivity contribution in [1.82, 2.24) is 9.55 Å². The third-order valence-electron chi connectivity index (χ3n) is 6.36. The molecule has 2 atom stereocenters. The van der Waals surface area contributed by atoms with Gasteiger partial charge >= 0.3 is 0 Å². The lowest BCUT2D eigenvalue weighted by Gasteiger charge is -2.32. The summed E-state index contributed by atoms with van der Waals surface area (Å²) in [6, 6.07) is 2.84. The number of amidine groups is 1. The molecule has 0 amide bonds. The van der Waals surface area contributed by atoms with Gasteiger partial charge < -0.3 is 24.5 Å². The zero-order chi connectivity index (χ0) is 20.0. The summed E-state index contributed by atoms with van der Waals surface area (Å²) in [4.78, 5) is 9.05. The van der Waals surface area contributed by atoms with Crippen LogP contribution in [0.3, 0.4) is 0 Å².